The van der Waals surface area contributed by atoms with E-state index in [1.165, 1.54) is 54.7 Å². The van der Waals surface area contributed by atoms with Gasteiger partial charge in [-0.25, -0.2) is 4.98 Å². The molecule has 10 rings (SSSR count). The van der Waals surface area contributed by atoms with Crippen LogP contribution in [0.25, 0.3) is 99.0 Å². The monoisotopic (exact) mass is 623 g/mol. The Hall–Kier alpha value is -6.51. The van der Waals surface area contributed by atoms with Crippen LogP contribution in [0.4, 0.5) is 0 Å². The standard InChI is InChI=1S/C47H29NO/c1-3-13-30(14-4-1)31-23-25-33(26-24-31)43-36-19-9-11-21-38(36)44(39-22-12-10-20-37(39)43)41-29-42-46(49-47(48-42)34-16-5-2-6-17-34)45-35-18-8-7-15-32(35)27-28-40(41)45/h1-29H. The van der Waals surface area contributed by atoms with Gasteiger partial charge in [-0.15, -0.1) is 0 Å². The summed E-state index contributed by atoms with van der Waals surface area (Å²) in [6.07, 6.45) is 0. The van der Waals surface area contributed by atoms with Crippen LogP contribution < -0.4 is 0 Å². The highest BCUT2D eigenvalue weighted by Crippen LogP contribution is 2.48. The van der Waals surface area contributed by atoms with Gasteiger partial charge in [0.1, 0.15) is 5.52 Å². The highest BCUT2D eigenvalue weighted by atomic mass is 16.3. The highest BCUT2D eigenvalue weighted by Gasteiger charge is 2.22. The van der Waals surface area contributed by atoms with E-state index in [0.717, 1.165) is 38.4 Å². The molecule has 0 bridgehead atoms. The van der Waals surface area contributed by atoms with Gasteiger partial charge in [0.05, 0.1) is 0 Å². The molecule has 0 unspecified atom stereocenters. The lowest BCUT2D eigenvalue weighted by Gasteiger charge is -2.19. The Balaban J connectivity index is 1.30. The van der Waals surface area contributed by atoms with Gasteiger partial charge in [0.15, 0.2) is 5.58 Å². The lowest BCUT2D eigenvalue weighted by molar-refractivity contribution is 0.623. The Kier molecular flexibility index (Phi) is 6.22. The van der Waals surface area contributed by atoms with Crippen LogP contribution in [-0.4, -0.2) is 4.98 Å². The third-order valence-corrected chi connectivity index (χ3v) is 9.88. The molecule has 0 fully saturated rings. The Morgan fingerprint density at radius 1 is 0.367 bits per heavy atom. The molecule has 0 saturated heterocycles. The van der Waals surface area contributed by atoms with Crippen molar-refractivity contribution >= 4 is 54.2 Å². The van der Waals surface area contributed by atoms with Crippen molar-refractivity contribution in [3.8, 4) is 44.8 Å². The molecule has 0 aliphatic carbocycles. The van der Waals surface area contributed by atoms with Crippen LogP contribution in [0.5, 0.6) is 0 Å². The Bertz CT molecular complexity index is 2790. The van der Waals surface area contributed by atoms with Gasteiger partial charge in [-0.05, 0) is 89.3 Å². The number of fused-ring (bicyclic) bond motifs is 7. The van der Waals surface area contributed by atoms with Gasteiger partial charge < -0.3 is 4.42 Å². The summed E-state index contributed by atoms with van der Waals surface area (Å²) in [7, 11) is 0. The largest absolute Gasteiger partial charge is 0.435 e. The first-order valence-electron chi connectivity index (χ1n) is 16.7. The molecular weight excluding hydrogens is 595 g/mol. The zero-order valence-electron chi connectivity index (χ0n) is 26.6. The molecule has 0 aliphatic rings. The van der Waals surface area contributed by atoms with Crippen LogP contribution in [-0.2, 0) is 0 Å². The predicted molar refractivity (Wildman–Crippen MR) is 206 cm³/mol. The zero-order chi connectivity index (χ0) is 32.3. The summed E-state index contributed by atoms with van der Waals surface area (Å²) < 4.78 is 6.65. The topological polar surface area (TPSA) is 26.0 Å². The maximum absolute atomic E-state index is 6.65. The third-order valence-electron chi connectivity index (χ3n) is 9.88. The van der Waals surface area contributed by atoms with E-state index in [1.807, 2.05) is 18.2 Å². The van der Waals surface area contributed by atoms with E-state index in [0.29, 0.717) is 5.89 Å². The first-order chi connectivity index (χ1) is 24.3. The highest BCUT2D eigenvalue weighted by molar-refractivity contribution is 6.28. The van der Waals surface area contributed by atoms with Crippen molar-refractivity contribution in [2.45, 2.75) is 0 Å². The van der Waals surface area contributed by atoms with E-state index < -0.39 is 0 Å². The average Bonchev–Trinajstić information content (AvgIpc) is 3.61. The summed E-state index contributed by atoms with van der Waals surface area (Å²) in [5.74, 6) is 0.631. The molecule has 2 heteroatoms. The summed E-state index contributed by atoms with van der Waals surface area (Å²) in [5.41, 5.74) is 9.88. The first kappa shape index (κ1) is 27.6. The van der Waals surface area contributed by atoms with Crippen molar-refractivity contribution in [1.82, 2.24) is 4.98 Å². The van der Waals surface area contributed by atoms with Gasteiger partial charge in [0.25, 0.3) is 0 Å². The number of benzene rings is 9. The SMILES string of the molecule is c1ccc(-c2ccc(-c3c4ccccc4c(-c4cc5nc(-c6ccccc6)oc5c5c4ccc4ccccc45)c4ccccc34)cc2)cc1. The number of rotatable bonds is 4. The van der Waals surface area contributed by atoms with E-state index in [-0.39, 0.29) is 0 Å². The summed E-state index contributed by atoms with van der Waals surface area (Å²) in [4.78, 5) is 5.12. The van der Waals surface area contributed by atoms with E-state index in [9.17, 15) is 0 Å². The maximum Gasteiger partial charge on any atom is 0.227 e. The van der Waals surface area contributed by atoms with Gasteiger partial charge in [-0.2, -0.15) is 0 Å². The van der Waals surface area contributed by atoms with Crippen molar-refractivity contribution < 1.29 is 4.42 Å². The smallest absolute Gasteiger partial charge is 0.227 e. The molecule has 1 heterocycles. The Morgan fingerprint density at radius 2 is 0.878 bits per heavy atom. The molecule has 0 spiro atoms. The second kappa shape index (κ2) is 11.0. The van der Waals surface area contributed by atoms with Gasteiger partial charge in [-0.1, -0.05) is 158 Å². The van der Waals surface area contributed by atoms with Crippen molar-refractivity contribution in [1.29, 1.82) is 0 Å². The number of oxazole rings is 1. The number of nitrogens with zero attached hydrogens (tertiary/aromatic N) is 1. The molecule has 0 aliphatic heterocycles. The van der Waals surface area contributed by atoms with Gasteiger partial charge >= 0.3 is 0 Å². The van der Waals surface area contributed by atoms with E-state index in [2.05, 4.69) is 158 Å². The second-order valence-electron chi connectivity index (χ2n) is 12.7. The normalized spacial score (nSPS) is 11.7. The Morgan fingerprint density at radius 3 is 1.53 bits per heavy atom. The number of aromatic nitrogens is 1. The molecule has 2 nitrogen and oxygen atoms in total. The number of hydrogen-bond donors (Lipinski definition) is 0. The van der Waals surface area contributed by atoms with E-state index >= 15 is 0 Å². The van der Waals surface area contributed by atoms with E-state index in [1.54, 1.807) is 0 Å². The first-order valence-corrected chi connectivity index (χ1v) is 16.7. The van der Waals surface area contributed by atoms with Crippen LogP contribution >= 0.6 is 0 Å². The molecular formula is C47H29NO. The van der Waals surface area contributed by atoms with Crippen molar-refractivity contribution in [2.75, 3.05) is 0 Å². The zero-order valence-corrected chi connectivity index (χ0v) is 26.6. The van der Waals surface area contributed by atoms with Crippen LogP contribution in [0.15, 0.2) is 180 Å². The molecule has 0 N–H and O–H groups in total. The minimum absolute atomic E-state index is 0.631. The summed E-state index contributed by atoms with van der Waals surface area (Å²) in [6.45, 7) is 0. The molecule has 1 aromatic heterocycles. The average molecular weight is 624 g/mol. The van der Waals surface area contributed by atoms with Gasteiger partial charge in [-0.3, -0.25) is 0 Å². The fourth-order valence-electron chi connectivity index (χ4n) is 7.66. The quantitative estimate of drug-likeness (QED) is 0.144. The number of hydrogen-bond acceptors (Lipinski definition) is 2. The third kappa shape index (κ3) is 4.38. The lowest BCUT2D eigenvalue weighted by atomic mass is 9.84. The van der Waals surface area contributed by atoms with Crippen molar-refractivity contribution in [2.24, 2.45) is 0 Å². The molecule has 0 amide bonds. The fraction of sp³-hybridized carbons (Fsp3) is 0. The minimum atomic E-state index is 0.631. The Labute approximate surface area is 283 Å². The minimum Gasteiger partial charge on any atom is -0.435 e. The molecule has 0 atom stereocenters. The van der Waals surface area contributed by atoms with Crippen LogP contribution in [0.1, 0.15) is 0 Å². The van der Waals surface area contributed by atoms with Crippen LogP contribution in [0, 0.1) is 0 Å². The van der Waals surface area contributed by atoms with E-state index in [4.69, 9.17) is 9.40 Å². The second-order valence-corrected chi connectivity index (χ2v) is 12.7. The molecule has 49 heavy (non-hydrogen) atoms. The summed E-state index contributed by atoms with van der Waals surface area (Å²) >= 11 is 0. The molecule has 9 aromatic carbocycles. The molecule has 10 aromatic rings. The van der Waals surface area contributed by atoms with Gasteiger partial charge in [0.2, 0.25) is 5.89 Å². The molecule has 0 saturated carbocycles. The predicted octanol–water partition coefficient (Wildman–Crippen LogP) is 13.1. The van der Waals surface area contributed by atoms with Crippen LogP contribution in [0.3, 0.4) is 0 Å². The summed E-state index contributed by atoms with van der Waals surface area (Å²) in [6, 6.07) is 62.8. The fourth-order valence-corrected chi connectivity index (χ4v) is 7.66. The van der Waals surface area contributed by atoms with Crippen LogP contribution in [0.2, 0.25) is 0 Å². The summed E-state index contributed by atoms with van der Waals surface area (Å²) in [5, 5.41) is 9.45. The van der Waals surface area contributed by atoms with Crippen molar-refractivity contribution in [3.05, 3.63) is 176 Å². The van der Waals surface area contributed by atoms with Gasteiger partial charge in [0, 0.05) is 10.9 Å². The van der Waals surface area contributed by atoms with Crippen molar-refractivity contribution in [3.63, 3.8) is 0 Å². The molecule has 0 radical (unpaired) electrons. The molecule has 228 valence electrons. The maximum atomic E-state index is 6.65. The lowest BCUT2D eigenvalue weighted by Crippen LogP contribution is -1.92.